The van der Waals surface area contributed by atoms with Gasteiger partial charge in [0.25, 0.3) is 0 Å². The summed E-state index contributed by atoms with van der Waals surface area (Å²) >= 11 is 0. The van der Waals surface area contributed by atoms with Crippen molar-refractivity contribution in [3.8, 4) is 0 Å². The SMILES string of the molecule is NCc1ccc2c(ccc3occ(C4CCC(=O)NC4=O)c32)c1. The molecule has 2 heterocycles. The average molecular weight is 308 g/mol. The predicted octanol–water partition coefficient (Wildman–Crippen LogP) is 2.56. The maximum atomic E-state index is 12.2. The molecule has 1 unspecified atom stereocenters. The molecule has 1 aliphatic heterocycles. The van der Waals surface area contributed by atoms with Crippen molar-refractivity contribution in [2.45, 2.75) is 25.3 Å². The van der Waals surface area contributed by atoms with Crippen LogP contribution in [0.1, 0.15) is 29.9 Å². The number of furan rings is 1. The Morgan fingerprint density at radius 2 is 2.09 bits per heavy atom. The van der Waals surface area contributed by atoms with E-state index in [0.29, 0.717) is 19.4 Å². The van der Waals surface area contributed by atoms with Crippen LogP contribution in [0.2, 0.25) is 0 Å². The van der Waals surface area contributed by atoms with Crippen LogP contribution in [0, 0.1) is 0 Å². The minimum Gasteiger partial charge on any atom is -0.464 e. The number of piperidine rings is 1. The predicted molar refractivity (Wildman–Crippen MR) is 86.7 cm³/mol. The number of amides is 2. The fraction of sp³-hybridized carbons (Fsp3) is 0.222. The van der Waals surface area contributed by atoms with Gasteiger partial charge in [0, 0.05) is 23.9 Å². The molecule has 1 atom stereocenters. The molecule has 0 bridgehead atoms. The minimum absolute atomic E-state index is 0.212. The molecule has 0 spiro atoms. The molecular formula is C18H16N2O3. The largest absolute Gasteiger partial charge is 0.464 e. The first-order chi connectivity index (χ1) is 11.2. The third-order valence-electron chi connectivity index (χ3n) is 4.50. The lowest BCUT2D eigenvalue weighted by Gasteiger charge is -2.20. The topological polar surface area (TPSA) is 85.3 Å². The highest BCUT2D eigenvalue weighted by Crippen LogP contribution is 2.36. The van der Waals surface area contributed by atoms with E-state index >= 15 is 0 Å². The van der Waals surface area contributed by atoms with Crippen molar-refractivity contribution in [3.05, 3.63) is 47.7 Å². The summed E-state index contributed by atoms with van der Waals surface area (Å²) in [5.74, 6) is -0.815. The number of hydrogen-bond donors (Lipinski definition) is 2. The van der Waals surface area contributed by atoms with Gasteiger partial charge in [-0.2, -0.15) is 0 Å². The van der Waals surface area contributed by atoms with Crippen LogP contribution in [-0.4, -0.2) is 11.8 Å². The fourth-order valence-electron chi connectivity index (χ4n) is 3.31. The maximum absolute atomic E-state index is 12.2. The zero-order valence-electron chi connectivity index (χ0n) is 12.5. The summed E-state index contributed by atoms with van der Waals surface area (Å²) in [4.78, 5) is 23.6. The van der Waals surface area contributed by atoms with Crippen LogP contribution < -0.4 is 11.1 Å². The highest BCUT2D eigenvalue weighted by atomic mass is 16.3. The van der Waals surface area contributed by atoms with Crippen LogP contribution in [0.15, 0.2) is 41.0 Å². The standard InChI is InChI=1S/C18H16N2O3/c19-8-10-1-3-12-11(7-10)2-5-15-17(12)14(9-23-15)13-4-6-16(21)20-18(13)22/h1-3,5,7,9,13H,4,6,8,19H2,(H,20,21,22). The van der Waals surface area contributed by atoms with E-state index in [1.54, 1.807) is 6.26 Å². The van der Waals surface area contributed by atoms with Gasteiger partial charge in [-0.1, -0.05) is 18.2 Å². The van der Waals surface area contributed by atoms with Gasteiger partial charge >= 0.3 is 0 Å². The molecule has 0 saturated carbocycles. The first-order valence-corrected chi connectivity index (χ1v) is 7.64. The Morgan fingerprint density at radius 1 is 1.22 bits per heavy atom. The maximum Gasteiger partial charge on any atom is 0.234 e. The van der Waals surface area contributed by atoms with E-state index in [9.17, 15) is 9.59 Å². The highest BCUT2D eigenvalue weighted by Gasteiger charge is 2.30. The van der Waals surface area contributed by atoms with Gasteiger partial charge in [0.1, 0.15) is 5.58 Å². The van der Waals surface area contributed by atoms with E-state index in [1.165, 1.54) is 0 Å². The molecule has 23 heavy (non-hydrogen) atoms. The number of rotatable bonds is 2. The van der Waals surface area contributed by atoms with E-state index in [1.807, 2.05) is 24.3 Å². The van der Waals surface area contributed by atoms with Crippen molar-refractivity contribution in [1.82, 2.24) is 5.32 Å². The van der Waals surface area contributed by atoms with Crippen molar-refractivity contribution in [2.75, 3.05) is 0 Å². The Morgan fingerprint density at radius 3 is 2.87 bits per heavy atom. The molecule has 1 saturated heterocycles. The fourth-order valence-corrected chi connectivity index (χ4v) is 3.31. The third-order valence-corrected chi connectivity index (χ3v) is 4.50. The van der Waals surface area contributed by atoms with E-state index in [4.69, 9.17) is 10.2 Å². The van der Waals surface area contributed by atoms with Crippen LogP contribution in [0.4, 0.5) is 0 Å². The number of nitrogens with two attached hydrogens (primary N) is 1. The van der Waals surface area contributed by atoms with E-state index in [2.05, 4.69) is 11.4 Å². The number of nitrogens with one attached hydrogen (secondary N) is 1. The monoisotopic (exact) mass is 308 g/mol. The summed E-state index contributed by atoms with van der Waals surface area (Å²) in [5, 5.41) is 5.46. The summed E-state index contributed by atoms with van der Waals surface area (Å²) in [6, 6.07) is 9.96. The molecule has 3 N–H and O–H groups in total. The lowest BCUT2D eigenvalue weighted by Crippen LogP contribution is -2.39. The van der Waals surface area contributed by atoms with Gasteiger partial charge in [0.05, 0.1) is 12.2 Å². The van der Waals surface area contributed by atoms with Crippen LogP contribution in [-0.2, 0) is 16.1 Å². The molecule has 1 aromatic heterocycles. The normalized spacial score (nSPS) is 18.6. The molecule has 5 nitrogen and oxygen atoms in total. The first kappa shape index (κ1) is 14.0. The van der Waals surface area contributed by atoms with Gasteiger partial charge < -0.3 is 10.2 Å². The van der Waals surface area contributed by atoms with Crippen molar-refractivity contribution in [2.24, 2.45) is 5.73 Å². The number of carbonyl (C=O) groups excluding carboxylic acids is 2. The molecule has 1 fully saturated rings. The number of hydrogen-bond acceptors (Lipinski definition) is 4. The molecule has 4 rings (SSSR count). The van der Waals surface area contributed by atoms with Gasteiger partial charge in [-0.05, 0) is 34.9 Å². The summed E-state index contributed by atoms with van der Waals surface area (Å²) < 4.78 is 5.65. The molecule has 2 amide bonds. The van der Waals surface area contributed by atoms with E-state index in [-0.39, 0.29) is 17.7 Å². The lowest BCUT2D eigenvalue weighted by atomic mass is 9.88. The Labute approximate surface area is 132 Å². The second-order valence-corrected chi connectivity index (χ2v) is 5.89. The molecule has 0 aliphatic carbocycles. The average Bonchev–Trinajstić information content (AvgIpc) is 2.98. The smallest absolute Gasteiger partial charge is 0.234 e. The minimum atomic E-state index is -0.353. The van der Waals surface area contributed by atoms with E-state index in [0.717, 1.165) is 32.9 Å². The summed E-state index contributed by atoms with van der Waals surface area (Å²) in [7, 11) is 0. The molecule has 1 aliphatic rings. The Kier molecular flexibility index (Phi) is 3.16. The van der Waals surface area contributed by atoms with Crippen LogP contribution in [0.5, 0.6) is 0 Å². The van der Waals surface area contributed by atoms with Crippen molar-refractivity contribution in [3.63, 3.8) is 0 Å². The van der Waals surface area contributed by atoms with Gasteiger partial charge in [0.2, 0.25) is 11.8 Å². The van der Waals surface area contributed by atoms with Crippen LogP contribution in [0.25, 0.3) is 21.7 Å². The number of imide groups is 1. The van der Waals surface area contributed by atoms with E-state index < -0.39 is 0 Å². The second-order valence-electron chi connectivity index (χ2n) is 5.89. The van der Waals surface area contributed by atoms with Gasteiger partial charge in [0.15, 0.2) is 0 Å². The quantitative estimate of drug-likeness (QED) is 0.712. The number of fused-ring (bicyclic) bond motifs is 3. The number of carbonyl (C=O) groups is 2. The summed E-state index contributed by atoms with van der Waals surface area (Å²) in [6.07, 6.45) is 2.50. The molecule has 3 aromatic rings. The van der Waals surface area contributed by atoms with Crippen molar-refractivity contribution < 1.29 is 14.0 Å². The lowest BCUT2D eigenvalue weighted by molar-refractivity contribution is -0.134. The summed E-state index contributed by atoms with van der Waals surface area (Å²) in [5.41, 5.74) is 8.36. The number of benzene rings is 2. The highest BCUT2D eigenvalue weighted by molar-refractivity contribution is 6.10. The molecule has 116 valence electrons. The van der Waals surface area contributed by atoms with Crippen molar-refractivity contribution >= 4 is 33.6 Å². The molecule has 5 heteroatoms. The Bertz CT molecular complexity index is 942. The Hall–Kier alpha value is -2.66. The molecule has 0 radical (unpaired) electrons. The zero-order chi connectivity index (χ0) is 16.0. The second kappa shape index (κ2) is 5.21. The van der Waals surface area contributed by atoms with Crippen molar-refractivity contribution in [1.29, 1.82) is 0 Å². The molecule has 2 aromatic carbocycles. The third kappa shape index (κ3) is 2.21. The van der Waals surface area contributed by atoms with Gasteiger partial charge in [-0.15, -0.1) is 0 Å². The van der Waals surface area contributed by atoms with Gasteiger partial charge in [-0.3, -0.25) is 14.9 Å². The van der Waals surface area contributed by atoms with Gasteiger partial charge in [-0.25, -0.2) is 0 Å². The van der Waals surface area contributed by atoms with Crippen LogP contribution >= 0.6 is 0 Å². The Balaban J connectivity index is 1.92. The summed E-state index contributed by atoms with van der Waals surface area (Å²) in [6.45, 7) is 0.485. The van der Waals surface area contributed by atoms with Crippen LogP contribution in [0.3, 0.4) is 0 Å². The zero-order valence-corrected chi connectivity index (χ0v) is 12.5. The molecular weight excluding hydrogens is 292 g/mol. The first-order valence-electron chi connectivity index (χ1n) is 7.64.